The van der Waals surface area contributed by atoms with Crippen LogP contribution in [0.1, 0.15) is 16.1 Å². The van der Waals surface area contributed by atoms with Crippen molar-refractivity contribution in [1.82, 2.24) is 15.5 Å². The molecular weight excluding hydrogens is 264 g/mol. The van der Waals surface area contributed by atoms with Crippen LogP contribution in [0.2, 0.25) is 0 Å². The highest BCUT2D eigenvalue weighted by atomic mass is 16.6. The summed E-state index contributed by atoms with van der Waals surface area (Å²) < 4.78 is 5.02. The molecule has 0 aliphatic heterocycles. The predicted octanol–water partition coefficient (Wildman–Crippen LogP) is 1.26. The second-order valence-corrected chi connectivity index (χ2v) is 3.92. The minimum Gasteiger partial charge on any atom is -0.497 e. The zero-order chi connectivity index (χ0) is 14.5. The van der Waals surface area contributed by atoms with Gasteiger partial charge in [0.05, 0.1) is 12.0 Å². The Kier molecular flexibility index (Phi) is 3.94. The lowest BCUT2D eigenvalue weighted by Gasteiger charge is -2.05. The van der Waals surface area contributed by atoms with Crippen LogP contribution in [0.25, 0.3) is 0 Å². The molecule has 0 atom stereocenters. The first-order chi connectivity index (χ1) is 9.61. The zero-order valence-corrected chi connectivity index (χ0v) is 10.6. The highest BCUT2D eigenvalue weighted by Crippen LogP contribution is 2.15. The molecule has 2 rings (SSSR count). The molecule has 0 bridgehead atoms. The van der Waals surface area contributed by atoms with E-state index in [1.165, 1.54) is 0 Å². The van der Waals surface area contributed by atoms with Crippen LogP contribution in [0.3, 0.4) is 0 Å². The van der Waals surface area contributed by atoms with E-state index in [2.05, 4.69) is 15.5 Å². The van der Waals surface area contributed by atoms with E-state index < -0.39 is 10.8 Å². The Morgan fingerprint density at radius 2 is 2.15 bits per heavy atom. The van der Waals surface area contributed by atoms with Gasteiger partial charge in [0.25, 0.3) is 5.91 Å². The van der Waals surface area contributed by atoms with E-state index >= 15 is 0 Å². The number of carbonyl (C=O) groups is 1. The van der Waals surface area contributed by atoms with Crippen molar-refractivity contribution in [3.63, 3.8) is 0 Å². The standard InChI is InChI=1S/C12H12N4O4/c1-20-9-4-2-8(3-5-9)6-13-12(17)11-10(16(18)19)7-14-15-11/h2-5,7H,6H2,1H3,(H,13,17)(H,14,15). The Bertz CT molecular complexity index is 621. The zero-order valence-electron chi connectivity index (χ0n) is 10.6. The molecule has 1 aromatic carbocycles. The van der Waals surface area contributed by atoms with Gasteiger partial charge in [-0.05, 0) is 17.7 Å². The molecule has 2 N–H and O–H groups in total. The number of H-pyrrole nitrogens is 1. The molecule has 1 aromatic heterocycles. The second kappa shape index (κ2) is 5.83. The third-order valence-electron chi connectivity index (χ3n) is 2.66. The van der Waals surface area contributed by atoms with Crippen molar-refractivity contribution in [3.8, 4) is 5.75 Å². The maximum absolute atomic E-state index is 11.8. The molecule has 0 spiro atoms. The summed E-state index contributed by atoms with van der Waals surface area (Å²) >= 11 is 0. The van der Waals surface area contributed by atoms with Gasteiger partial charge in [-0.2, -0.15) is 5.10 Å². The quantitative estimate of drug-likeness (QED) is 0.631. The number of aromatic nitrogens is 2. The van der Waals surface area contributed by atoms with Crippen molar-refractivity contribution in [2.24, 2.45) is 0 Å². The number of amides is 1. The smallest absolute Gasteiger partial charge is 0.319 e. The first-order valence-electron chi connectivity index (χ1n) is 5.70. The summed E-state index contributed by atoms with van der Waals surface area (Å²) in [6.45, 7) is 0.249. The highest BCUT2D eigenvalue weighted by molar-refractivity contribution is 5.95. The van der Waals surface area contributed by atoms with Crippen LogP contribution in [0.15, 0.2) is 30.5 Å². The van der Waals surface area contributed by atoms with E-state index in [0.717, 1.165) is 11.8 Å². The molecule has 0 fully saturated rings. The fourth-order valence-corrected chi connectivity index (χ4v) is 1.60. The van der Waals surface area contributed by atoms with Gasteiger partial charge >= 0.3 is 5.69 Å². The number of carbonyl (C=O) groups excluding carboxylic acids is 1. The number of methoxy groups -OCH3 is 1. The average molecular weight is 276 g/mol. The SMILES string of the molecule is COc1ccc(CNC(=O)c2[nH]ncc2[N+](=O)[O-])cc1. The molecule has 1 heterocycles. The van der Waals surface area contributed by atoms with Gasteiger partial charge in [0.1, 0.15) is 11.9 Å². The van der Waals surface area contributed by atoms with E-state index in [4.69, 9.17) is 4.74 Å². The number of hydrogen-bond acceptors (Lipinski definition) is 5. The van der Waals surface area contributed by atoms with E-state index in [1.54, 1.807) is 31.4 Å². The Balaban J connectivity index is 2.01. The van der Waals surface area contributed by atoms with Crippen LogP contribution in [0.4, 0.5) is 5.69 Å². The van der Waals surface area contributed by atoms with Crippen molar-refractivity contribution in [2.75, 3.05) is 7.11 Å². The number of nitro groups is 1. The molecule has 0 unspecified atom stereocenters. The Morgan fingerprint density at radius 3 is 2.75 bits per heavy atom. The monoisotopic (exact) mass is 276 g/mol. The number of aromatic amines is 1. The van der Waals surface area contributed by atoms with E-state index in [9.17, 15) is 14.9 Å². The van der Waals surface area contributed by atoms with Crippen molar-refractivity contribution in [2.45, 2.75) is 6.54 Å². The lowest BCUT2D eigenvalue weighted by molar-refractivity contribution is -0.385. The molecule has 8 heteroatoms. The van der Waals surface area contributed by atoms with Gasteiger partial charge in [0.15, 0.2) is 0 Å². The summed E-state index contributed by atoms with van der Waals surface area (Å²) in [7, 11) is 1.56. The Labute approximate surface area is 113 Å². The molecule has 0 radical (unpaired) electrons. The van der Waals surface area contributed by atoms with Gasteiger partial charge in [-0.25, -0.2) is 0 Å². The van der Waals surface area contributed by atoms with Crippen LogP contribution in [-0.2, 0) is 6.54 Å². The number of hydrogen-bond donors (Lipinski definition) is 2. The van der Waals surface area contributed by atoms with Crippen molar-refractivity contribution >= 4 is 11.6 Å². The van der Waals surface area contributed by atoms with Crippen LogP contribution in [0, 0.1) is 10.1 Å². The molecule has 2 aromatic rings. The number of nitrogens with zero attached hydrogens (tertiary/aromatic N) is 2. The molecule has 20 heavy (non-hydrogen) atoms. The van der Waals surface area contributed by atoms with Gasteiger partial charge < -0.3 is 10.1 Å². The summed E-state index contributed by atoms with van der Waals surface area (Å²) in [6, 6.07) is 7.11. The summed E-state index contributed by atoms with van der Waals surface area (Å²) in [5.74, 6) is 0.134. The maximum Gasteiger partial charge on any atom is 0.319 e. The van der Waals surface area contributed by atoms with Gasteiger partial charge in [-0.15, -0.1) is 0 Å². The van der Waals surface area contributed by atoms with E-state index in [0.29, 0.717) is 5.75 Å². The summed E-state index contributed by atoms with van der Waals surface area (Å²) in [5, 5.41) is 19.1. The van der Waals surface area contributed by atoms with Crippen LogP contribution < -0.4 is 10.1 Å². The topological polar surface area (TPSA) is 110 Å². The molecule has 0 aliphatic carbocycles. The molecular formula is C12H12N4O4. The number of rotatable bonds is 5. The average Bonchev–Trinajstić information content (AvgIpc) is 2.95. The minimum atomic E-state index is -0.661. The third-order valence-corrected chi connectivity index (χ3v) is 2.66. The molecule has 0 aliphatic rings. The van der Waals surface area contributed by atoms with Gasteiger partial charge in [0.2, 0.25) is 5.69 Å². The molecule has 8 nitrogen and oxygen atoms in total. The maximum atomic E-state index is 11.8. The van der Waals surface area contributed by atoms with Crippen LogP contribution >= 0.6 is 0 Å². The third kappa shape index (κ3) is 2.91. The summed E-state index contributed by atoms with van der Waals surface area (Å²) in [5.41, 5.74) is 0.335. The normalized spacial score (nSPS) is 10.1. The molecule has 1 amide bonds. The molecule has 104 valence electrons. The number of nitrogens with one attached hydrogen (secondary N) is 2. The highest BCUT2D eigenvalue weighted by Gasteiger charge is 2.22. The van der Waals surface area contributed by atoms with Crippen LogP contribution in [0.5, 0.6) is 5.75 Å². The van der Waals surface area contributed by atoms with Crippen molar-refractivity contribution in [1.29, 1.82) is 0 Å². The summed E-state index contributed by atoms with van der Waals surface area (Å²) in [6.07, 6.45) is 1.00. The second-order valence-electron chi connectivity index (χ2n) is 3.92. The fourth-order valence-electron chi connectivity index (χ4n) is 1.60. The number of benzene rings is 1. The van der Waals surface area contributed by atoms with Crippen LogP contribution in [-0.4, -0.2) is 28.1 Å². The first kappa shape index (κ1) is 13.5. The van der Waals surface area contributed by atoms with E-state index in [1.807, 2.05) is 0 Å². The molecule has 0 saturated heterocycles. The van der Waals surface area contributed by atoms with Crippen molar-refractivity contribution < 1.29 is 14.5 Å². The van der Waals surface area contributed by atoms with Crippen molar-refractivity contribution in [3.05, 3.63) is 51.8 Å². The first-order valence-corrected chi connectivity index (χ1v) is 5.70. The van der Waals surface area contributed by atoms with Gasteiger partial charge in [0, 0.05) is 6.54 Å². The van der Waals surface area contributed by atoms with Gasteiger partial charge in [-0.3, -0.25) is 20.0 Å². The minimum absolute atomic E-state index is 0.163. The largest absolute Gasteiger partial charge is 0.497 e. The lowest BCUT2D eigenvalue weighted by atomic mass is 10.2. The lowest BCUT2D eigenvalue weighted by Crippen LogP contribution is -2.23. The fraction of sp³-hybridized carbons (Fsp3) is 0.167. The number of ether oxygens (including phenoxy) is 1. The van der Waals surface area contributed by atoms with Gasteiger partial charge in [-0.1, -0.05) is 12.1 Å². The Morgan fingerprint density at radius 1 is 1.45 bits per heavy atom. The molecule has 0 saturated carbocycles. The summed E-state index contributed by atoms with van der Waals surface area (Å²) in [4.78, 5) is 21.8. The van der Waals surface area contributed by atoms with E-state index in [-0.39, 0.29) is 17.9 Å². The predicted molar refractivity (Wildman–Crippen MR) is 69.4 cm³/mol. The Hall–Kier alpha value is -2.90.